The van der Waals surface area contributed by atoms with Crippen molar-refractivity contribution < 1.29 is 13.6 Å². The second-order valence-electron chi connectivity index (χ2n) is 4.80. The van der Waals surface area contributed by atoms with Crippen molar-refractivity contribution in [1.29, 1.82) is 0 Å². The molecule has 6 heteroatoms. The number of hydrogen-bond donors (Lipinski definition) is 2. The third kappa shape index (κ3) is 4.54. The fraction of sp³-hybridized carbons (Fsp3) is 0.462. The molecule has 0 saturated carbocycles. The molecule has 19 heavy (non-hydrogen) atoms. The summed E-state index contributed by atoms with van der Waals surface area (Å²) in [6, 6.07) is 1.92. The Morgan fingerprint density at radius 1 is 1.37 bits per heavy atom. The van der Waals surface area contributed by atoms with Gasteiger partial charge in [-0.2, -0.15) is 0 Å². The van der Waals surface area contributed by atoms with Gasteiger partial charge in [0.05, 0.1) is 16.1 Å². The fourth-order valence-electron chi connectivity index (χ4n) is 1.73. The highest BCUT2D eigenvalue weighted by Crippen LogP contribution is 2.24. The van der Waals surface area contributed by atoms with Gasteiger partial charge in [-0.05, 0) is 34.3 Å². The van der Waals surface area contributed by atoms with Crippen LogP contribution in [0.5, 0.6) is 0 Å². The maximum atomic E-state index is 13.6. The van der Waals surface area contributed by atoms with Gasteiger partial charge in [0, 0.05) is 12.6 Å². The summed E-state index contributed by atoms with van der Waals surface area (Å²) in [4.78, 5) is 11.9. The van der Waals surface area contributed by atoms with E-state index in [1.165, 1.54) is 0 Å². The minimum Gasteiger partial charge on any atom is -0.330 e. The molecule has 1 unspecified atom stereocenters. The second kappa shape index (κ2) is 6.96. The molecule has 0 heterocycles. The van der Waals surface area contributed by atoms with E-state index in [0.717, 1.165) is 12.1 Å². The van der Waals surface area contributed by atoms with Crippen LogP contribution in [0.4, 0.5) is 14.5 Å². The van der Waals surface area contributed by atoms with E-state index in [2.05, 4.69) is 21.2 Å². The summed E-state index contributed by atoms with van der Waals surface area (Å²) in [6.45, 7) is 4.11. The van der Waals surface area contributed by atoms with Gasteiger partial charge < -0.3 is 11.1 Å². The summed E-state index contributed by atoms with van der Waals surface area (Å²) in [5, 5.41) is 2.38. The van der Waals surface area contributed by atoms with Crippen LogP contribution in [0, 0.1) is 23.5 Å². The quantitative estimate of drug-likeness (QED) is 0.812. The first kappa shape index (κ1) is 16.0. The third-order valence-corrected chi connectivity index (χ3v) is 3.29. The van der Waals surface area contributed by atoms with Gasteiger partial charge in [-0.3, -0.25) is 4.79 Å². The summed E-state index contributed by atoms with van der Waals surface area (Å²) in [5.41, 5.74) is 5.36. The van der Waals surface area contributed by atoms with E-state index >= 15 is 0 Å². The number of halogens is 3. The van der Waals surface area contributed by atoms with Crippen LogP contribution in [0.2, 0.25) is 0 Å². The molecule has 0 spiro atoms. The number of benzene rings is 1. The lowest BCUT2D eigenvalue weighted by Crippen LogP contribution is -2.30. The highest BCUT2D eigenvalue weighted by Gasteiger charge is 2.20. The molecule has 3 nitrogen and oxygen atoms in total. The van der Waals surface area contributed by atoms with Gasteiger partial charge in [-0.1, -0.05) is 13.8 Å². The van der Waals surface area contributed by atoms with E-state index < -0.39 is 23.5 Å². The summed E-state index contributed by atoms with van der Waals surface area (Å²) in [5.74, 6) is -1.83. The Bertz CT molecular complexity index is 466. The molecular weight excluding hydrogens is 318 g/mol. The molecule has 0 aliphatic heterocycles. The number of nitrogens with two attached hydrogens (primary N) is 1. The zero-order valence-corrected chi connectivity index (χ0v) is 12.4. The predicted octanol–water partition coefficient (Wildman–Crippen LogP) is 3.29. The van der Waals surface area contributed by atoms with Crippen LogP contribution in [0.1, 0.15) is 20.3 Å². The molecule has 3 N–H and O–H groups in total. The van der Waals surface area contributed by atoms with Gasteiger partial charge >= 0.3 is 0 Å². The number of carbonyl (C=O) groups is 1. The van der Waals surface area contributed by atoms with Crippen LogP contribution in [-0.4, -0.2) is 12.5 Å². The van der Waals surface area contributed by atoms with E-state index in [-0.39, 0.29) is 16.7 Å². The summed E-state index contributed by atoms with van der Waals surface area (Å²) < 4.78 is 26.9. The monoisotopic (exact) mass is 334 g/mol. The number of nitrogens with one attached hydrogen (secondary N) is 1. The van der Waals surface area contributed by atoms with Crippen LogP contribution < -0.4 is 11.1 Å². The minimum absolute atomic E-state index is 0.0144. The Balaban J connectivity index is 2.84. The molecule has 106 valence electrons. The smallest absolute Gasteiger partial charge is 0.228 e. The normalized spacial score (nSPS) is 12.6. The van der Waals surface area contributed by atoms with Crippen molar-refractivity contribution in [3.63, 3.8) is 0 Å². The Labute approximate surface area is 119 Å². The molecule has 1 amide bonds. The molecule has 0 aromatic heterocycles. The van der Waals surface area contributed by atoms with Crippen LogP contribution >= 0.6 is 15.9 Å². The second-order valence-corrected chi connectivity index (χ2v) is 5.65. The van der Waals surface area contributed by atoms with E-state index in [1.54, 1.807) is 0 Å². The highest BCUT2D eigenvalue weighted by atomic mass is 79.9. The minimum atomic E-state index is -0.693. The van der Waals surface area contributed by atoms with Gasteiger partial charge in [-0.25, -0.2) is 8.78 Å². The topological polar surface area (TPSA) is 55.1 Å². The first-order chi connectivity index (χ1) is 8.85. The first-order valence-electron chi connectivity index (χ1n) is 6.00. The van der Waals surface area contributed by atoms with Gasteiger partial charge in [0.2, 0.25) is 5.91 Å². The SMILES string of the molecule is CC(C)CC(CN)C(=O)Nc1cc(F)c(Br)cc1F. The molecule has 0 radical (unpaired) electrons. The molecule has 1 aromatic rings. The zero-order valence-electron chi connectivity index (χ0n) is 10.8. The Hall–Kier alpha value is -1.01. The lowest BCUT2D eigenvalue weighted by atomic mass is 9.96. The van der Waals surface area contributed by atoms with E-state index in [1.807, 2.05) is 13.8 Å². The van der Waals surface area contributed by atoms with Crippen LogP contribution in [0.15, 0.2) is 16.6 Å². The van der Waals surface area contributed by atoms with Crippen molar-refractivity contribution >= 4 is 27.5 Å². The van der Waals surface area contributed by atoms with Crippen molar-refractivity contribution in [2.45, 2.75) is 20.3 Å². The van der Waals surface area contributed by atoms with Crippen LogP contribution in [-0.2, 0) is 4.79 Å². The molecule has 1 rings (SSSR count). The van der Waals surface area contributed by atoms with Crippen molar-refractivity contribution in [1.82, 2.24) is 0 Å². The molecule has 0 bridgehead atoms. The average molecular weight is 335 g/mol. The fourth-order valence-corrected chi connectivity index (χ4v) is 2.05. The van der Waals surface area contributed by atoms with Crippen molar-refractivity contribution in [2.75, 3.05) is 11.9 Å². The summed E-state index contributed by atoms with van der Waals surface area (Å²) >= 11 is 2.87. The lowest BCUT2D eigenvalue weighted by Gasteiger charge is -2.17. The number of rotatable bonds is 5. The van der Waals surface area contributed by atoms with Gasteiger partial charge in [-0.15, -0.1) is 0 Å². The molecule has 1 aromatic carbocycles. The number of carbonyl (C=O) groups excluding carboxylic acids is 1. The van der Waals surface area contributed by atoms with E-state index in [4.69, 9.17) is 5.73 Å². The van der Waals surface area contributed by atoms with Gasteiger partial charge in [0.15, 0.2) is 0 Å². The Morgan fingerprint density at radius 2 is 2.00 bits per heavy atom. The molecule has 1 atom stereocenters. The van der Waals surface area contributed by atoms with Gasteiger partial charge in [0.1, 0.15) is 11.6 Å². The molecule has 0 aliphatic carbocycles. The number of hydrogen-bond acceptors (Lipinski definition) is 2. The summed E-state index contributed by atoms with van der Waals surface area (Å²) in [6.07, 6.45) is 0.600. The molecule has 0 fully saturated rings. The van der Waals surface area contributed by atoms with Crippen molar-refractivity contribution in [3.05, 3.63) is 28.2 Å². The summed E-state index contributed by atoms with van der Waals surface area (Å²) in [7, 11) is 0. The lowest BCUT2D eigenvalue weighted by molar-refractivity contribution is -0.120. The van der Waals surface area contributed by atoms with Crippen LogP contribution in [0.3, 0.4) is 0 Å². The van der Waals surface area contributed by atoms with E-state index in [9.17, 15) is 13.6 Å². The van der Waals surface area contributed by atoms with E-state index in [0.29, 0.717) is 12.3 Å². The van der Waals surface area contributed by atoms with Crippen molar-refractivity contribution in [3.8, 4) is 0 Å². The predicted molar refractivity (Wildman–Crippen MR) is 74.7 cm³/mol. The van der Waals surface area contributed by atoms with Crippen LogP contribution in [0.25, 0.3) is 0 Å². The highest BCUT2D eigenvalue weighted by molar-refractivity contribution is 9.10. The first-order valence-corrected chi connectivity index (χ1v) is 6.80. The van der Waals surface area contributed by atoms with Crippen molar-refractivity contribution in [2.24, 2.45) is 17.6 Å². The molecular formula is C13H17BrF2N2O. The Kier molecular flexibility index (Phi) is 5.87. The third-order valence-electron chi connectivity index (χ3n) is 2.68. The standard InChI is InChI=1S/C13H17BrF2N2O/c1-7(2)3-8(6-17)13(19)18-12-5-10(15)9(14)4-11(12)16/h4-5,7-8H,3,6,17H2,1-2H3,(H,18,19). The zero-order chi connectivity index (χ0) is 14.6. The number of anilines is 1. The largest absolute Gasteiger partial charge is 0.330 e. The molecule has 0 saturated heterocycles. The Morgan fingerprint density at radius 3 is 2.53 bits per heavy atom. The van der Waals surface area contributed by atoms with Gasteiger partial charge in [0.25, 0.3) is 0 Å². The average Bonchev–Trinajstić information content (AvgIpc) is 2.32. The molecule has 0 aliphatic rings. The number of amides is 1. The maximum absolute atomic E-state index is 13.6. The maximum Gasteiger partial charge on any atom is 0.228 e.